The quantitative estimate of drug-likeness (QED) is 0.0262. The SMILES string of the molecule is COC(=O)C1=C(CN2CCN3C(=O)N(c4cccc(C(C)(C)C(=O)O)c4)C[C@@H]3C2)NC(c2nccs2)=N[C@H]1c1ccc(F)cc1Cl.COC(=O)C1=C(CN2CCN3C(=O)N(c4cccc(CC(=O)O)c4)C[C@@H]3C2)NC(c2nccs2)=N[C@H]1c1ccc(F)cc1Cl.COC(=O)C1=C(CN2CCN3C(=O)N(c4cccc(CCC(C)=O)c4)C[C@@H]3C2)NC(c2nccs2)=N[C@H]1c1ccc(F)cc1Cl. The summed E-state index contributed by atoms with van der Waals surface area (Å²) in [7, 11) is 3.89. The number of carboxylic acids is 2. The number of nitrogens with one attached hydrogen (secondary N) is 3. The van der Waals surface area contributed by atoms with Crippen LogP contribution in [0.15, 0.2) is 211 Å². The molecule has 6 aromatic carbocycles. The molecular formula is C94H92Cl3F3N18O14S3. The van der Waals surface area contributed by atoms with Crippen LogP contribution in [-0.2, 0) is 61.2 Å². The third-order valence-electron chi connectivity index (χ3n) is 24.7. The molecule has 32 nitrogen and oxygen atoms in total. The van der Waals surface area contributed by atoms with Gasteiger partial charge in [-0.3, -0.25) is 54.0 Å². The number of carbonyl (C=O) groups excluding carboxylic acids is 7. The van der Waals surface area contributed by atoms with Gasteiger partial charge in [0.2, 0.25) is 0 Å². The molecule has 0 unspecified atom stereocenters. The summed E-state index contributed by atoms with van der Waals surface area (Å²) in [5.41, 5.74) is 7.09. The van der Waals surface area contributed by atoms with Crippen molar-refractivity contribution >= 4 is 157 Å². The first-order valence-electron chi connectivity index (χ1n) is 43.1. The van der Waals surface area contributed by atoms with Crippen molar-refractivity contribution in [2.75, 3.05) is 134 Å². The lowest BCUT2D eigenvalue weighted by molar-refractivity contribution is -0.142. The number of aromatic nitrogens is 3. The van der Waals surface area contributed by atoms with Crippen molar-refractivity contribution in [1.82, 2.24) is 60.3 Å². The molecule has 5 N–H and O–H groups in total. The molecule has 12 heterocycles. The van der Waals surface area contributed by atoms with E-state index in [1.165, 1.54) is 110 Å². The maximum Gasteiger partial charge on any atom is 0.338 e. The van der Waals surface area contributed by atoms with Gasteiger partial charge in [-0.1, -0.05) is 89.4 Å². The van der Waals surface area contributed by atoms with Crippen molar-refractivity contribution in [3.05, 3.63) is 277 Å². The maximum atomic E-state index is 14.0. The van der Waals surface area contributed by atoms with E-state index >= 15 is 0 Å². The Bertz CT molecular complexity index is 6330. The van der Waals surface area contributed by atoms with Crippen LogP contribution < -0.4 is 30.7 Å². The number of carbonyl (C=O) groups is 9. The minimum Gasteiger partial charge on any atom is -0.481 e. The van der Waals surface area contributed by atoms with Crippen LogP contribution >= 0.6 is 68.8 Å². The Hall–Kier alpha value is -12.8. The van der Waals surface area contributed by atoms with Crippen molar-refractivity contribution < 1.29 is 80.7 Å². The summed E-state index contributed by atoms with van der Waals surface area (Å²) in [6.07, 6.45) is 5.95. The van der Waals surface area contributed by atoms with E-state index in [0.29, 0.717) is 200 Å². The van der Waals surface area contributed by atoms with Crippen LogP contribution in [0.25, 0.3) is 0 Å². The number of amidine groups is 3. The third kappa shape index (κ3) is 20.9. The third-order valence-corrected chi connectivity index (χ3v) is 28.0. The van der Waals surface area contributed by atoms with Crippen LogP contribution in [0, 0.1) is 17.5 Å². The Morgan fingerprint density at radius 1 is 0.459 bits per heavy atom. The summed E-state index contributed by atoms with van der Waals surface area (Å²) in [5, 5.41) is 36.6. The fraction of sp³-hybridized carbons (Fsp3) is 0.330. The Morgan fingerprint density at radius 2 is 0.800 bits per heavy atom. The Labute approximate surface area is 800 Å². The molecule has 6 saturated heterocycles. The molecular weight excluding hydrogens is 1860 g/mol. The van der Waals surface area contributed by atoms with E-state index in [9.17, 15) is 66.5 Å². The number of ketones is 1. The van der Waals surface area contributed by atoms with Gasteiger partial charge >= 0.3 is 47.9 Å². The van der Waals surface area contributed by atoms with E-state index in [4.69, 9.17) is 64.0 Å². The second-order valence-electron chi connectivity index (χ2n) is 33.7. The first-order chi connectivity index (χ1) is 64.9. The van der Waals surface area contributed by atoms with Gasteiger partial charge < -0.3 is 59.9 Å². The van der Waals surface area contributed by atoms with Gasteiger partial charge in [0.05, 0.1) is 68.0 Å². The smallest absolute Gasteiger partial charge is 0.338 e. The lowest BCUT2D eigenvalue weighted by Gasteiger charge is -2.38. The number of anilines is 3. The highest BCUT2D eigenvalue weighted by molar-refractivity contribution is 7.12. The van der Waals surface area contributed by atoms with Gasteiger partial charge in [-0.25, -0.2) is 56.9 Å². The van der Waals surface area contributed by atoms with E-state index in [0.717, 1.165) is 11.3 Å². The van der Waals surface area contributed by atoms with Gasteiger partial charge in [-0.2, -0.15) is 0 Å². The largest absolute Gasteiger partial charge is 0.481 e. The van der Waals surface area contributed by atoms with E-state index in [1.807, 2.05) is 61.2 Å². The first kappa shape index (κ1) is 95.4. The van der Waals surface area contributed by atoms with E-state index in [-0.39, 0.29) is 80.2 Å². The summed E-state index contributed by atoms with van der Waals surface area (Å²) >= 11 is 23.6. The molecule has 9 aromatic rings. The van der Waals surface area contributed by atoms with Crippen LogP contribution in [0.2, 0.25) is 15.1 Å². The van der Waals surface area contributed by atoms with Crippen molar-refractivity contribution in [3.63, 3.8) is 0 Å². The van der Waals surface area contributed by atoms with Crippen LogP contribution in [0.4, 0.5) is 44.6 Å². The summed E-state index contributed by atoms with van der Waals surface area (Å²) in [5.74, 6) is -3.65. The van der Waals surface area contributed by atoms with E-state index < -0.39 is 70.8 Å². The predicted molar refractivity (Wildman–Crippen MR) is 504 cm³/mol. The number of halogens is 6. The number of hydrogen-bond donors (Lipinski definition) is 5. The molecule has 6 amide bonds. The number of methoxy groups -OCH3 is 3. The number of urea groups is 3. The molecule has 3 aromatic heterocycles. The summed E-state index contributed by atoms with van der Waals surface area (Å²) in [4.78, 5) is 160. The highest BCUT2D eigenvalue weighted by atomic mass is 35.5. The average Bonchev–Trinajstić information content (AvgIpc) is 1.45. The van der Waals surface area contributed by atoms with Crippen molar-refractivity contribution in [1.29, 1.82) is 0 Å². The first-order valence-corrected chi connectivity index (χ1v) is 46.9. The van der Waals surface area contributed by atoms with Crippen LogP contribution in [0.1, 0.15) is 93.7 Å². The number of fused-ring (bicyclic) bond motifs is 3. The second kappa shape index (κ2) is 41.2. The zero-order valence-corrected chi connectivity index (χ0v) is 78.5. The van der Waals surface area contributed by atoms with Crippen LogP contribution in [0.5, 0.6) is 0 Å². The molecule has 0 bridgehead atoms. The van der Waals surface area contributed by atoms with E-state index in [2.05, 4.69) is 45.6 Å². The predicted octanol–water partition coefficient (Wildman–Crippen LogP) is 12.8. The van der Waals surface area contributed by atoms with E-state index in [1.54, 1.807) is 96.5 Å². The molecule has 41 heteroatoms. The zero-order valence-electron chi connectivity index (χ0n) is 73.8. The monoisotopic (exact) mass is 1950 g/mol. The number of carboxylic acid groups (broad SMARTS) is 2. The number of aliphatic imine (C=N–C) groups is 3. The highest BCUT2D eigenvalue weighted by Crippen LogP contribution is 2.43. The number of rotatable bonds is 25. The lowest BCUT2D eigenvalue weighted by Crippen LogP contribution is -2.53. The molecule has 135 heavy (non-hydrogen) atoms. The number of amides is 6. The number of aryl methyl sites for hydroxylation is 1. The maximum absolute atomic E-state index is 14.0. The molecule has 0 saturated carbocycles. The molecule has 6 fully saturated rings. The van der Waals surface area contributed by atoms with Gasteiger partial charge in [-0.05, 0) is 117 Å². The van der Waals surface area contributed by atoms with Crippen molar-refractivity contribution in [2.45, 2.75) is 81.7 Å². The summed E-state index contributed by atoms with van der Waals surface area (Å²) in [6, 6.07) is 30.7. The molecule has 0 spiro atoms. The zero-order chi connectivity index (χ0) is 95.4. The lowest BCUT2D eigenvalue weighted by atomic mass is 9.84. The molecule has 6 atom stereocenters. The van der Waals surface area contributed by atoms with Gasteiger partial charge in [0.25, 0.3) is 0 Å². The Morgan fingerprint density at radius 3 is 1.12 bits per heavy atom. The van der Waals surface area contributed by atoms with Crippen LogP contribution in [0.3, 0.4) is 0 Å². The Balaban J connectivity index is 0.000000147. The topological polar surface area (TPSA) is 363 Å². The summed E-state index contributed by atoms with van der Waals surface area (Å²) in [6.45, 7) is 11.9. The number of benzene rings is 6. The molecule has 0 aliphatic carbocycles. The minimum absolute atomic E-state index is 0.0437. The normalized spacial score (nSPS) is 20.3. The molecule has 9 aliphatic heterocycles. The Kier molecular flexibility index (Phi) is 29.1. The molecule has 702 valence electrons. The number of thiazole rings is 3. The van der Waals surface area contributed by atoms with Gasteiger partial charge in [0.1, 0.15) is 41.4 Å². The van der Waals surface area contributed by atoms with Crippen molar-refractivity contribution in [3.8, 4) is 0 Å². The second-order valence-corrected chi connectivity index (χ2v) is 37.6. The van der Waals surface area contributed by atoms with Crippen molar-refractivity contribution in [2.24, 2.45) is 15.0 Å². The average molecular weight is 1960 g/mol. The number of Topliss-reactive ketones (excluding diaryl/α,β-unsaturated/α-hetero) is 1. The molecule has 9 aliphatic rings. The minimum atomic E-state index is -1.11. The number of piperazine rings is 3. The fourth-order valence-corrected chi connectivity index (χ4v) is 20.4. The van der Waals surface area contributed by atoms with Gasteiger partial charge in [0.15, 0.2) is 32.5 Å². The van der Waals surface area contributed by atoms with Gasteiger partial charge in [-0.15, -0.1) is 34.0 Å². The molecule has 18 rings (SSSR count). The summed E-state index contributed by atoms with van der Waals surface area (Å²) < 4.78 is 57.5. The van der Waals surface area contributed by atoms with Gasteiger partial charge in [0, 0.05) is 205 Å². The number of ether oxygens (including phenoxy) is 3. The number of esters is 3. The standard InChI is InChI=1S/C32H32ClFN6O5S.C32H32ClFN6O4S.C30H28ClFN6O5S/c1-32(2,30(42)43)18-5-4-6-20(13-18)40-16-21-15-38(10-11-39(21)31(40)44)17-24-25(29(41)45-3)26(22-8-7-19(34)14-23(22)33)37-27(36-24)28-35-9-12-46-28;1-19(41)6-7-20-4-3-5-22(14-20)40-17-23-16-38(11-12-39(23)32(40)43)18-26-27(31(42)44-2)28(24-9-8-21(34)15-25(24)33)37-29(36-26)30-35-10-13-45-30;1-43-29(41)25-23(34-27(28-33-7-10-44-28)35-26(25)21-6-5-18(32)13-22(21)31)16-36-8-9-37-20(14-36)15-38(30(37)42)19-4-2-3-17(11-19)12-24(39)40/h4-9,12-14,21,26H,10-11,15-17H2,1-3H3,(H,36,37)(H,42,43);3-5,8-10,13-15,23,28H,6-7,11-12,16-18H2,1-2H3,(H,36,37);2-7,10-11,13,20,26H,8-9,12,14-16H2,1H3,(H,34,35)(H,39,40)/t21-,26-;23-,28-;20-,26-/m000/s1. The number of hydrogen-bond acceptors (Lipinski definition) is 27. The number of nitrogens with zero attached hydrogens (tertiary/aromatic N) is 15. The fourth-order valence-electron chi connectivity index (χ4n) is 17.9. The highest BCUT2D eigenvalue weighted by Gasteiger charge is 2.48. The molecule has 0 radical (unpaired) electrons. The number of aliphatic carboxylic acids is 2. The van der Waals surface area contributed by atoms with Crippen LogP contribution in [-0.4, -0.2) is 263 Å².